The van der Waals surface area contributed by atoms with E-state index in [2.05, 4.69) is 11.4 Å². The summed E-state index contributed by atoms with van der Waals surface area (Å²) in [6.07, 6.45) is 0. The highest BCUT2D eigenvalue weighted by atomic mass is 16.5. The minimum absolute atomic E-state index is 0.0799. The lowest BCUT2D eigenvalue weighted by Crippen LogP contribution is -2.27. The average molecular weight is 235 g/mol. The van der Waals surface area contributed by atoms with Crippen LogP contribution in [0.5, 0.6) is 0 Å². The molecule has 0 bridgehead atoms. The normalized spacial score (nSPS) is 11.4. The Morgan fingerprint density at radius 3 is 2.18 bits per heavy atom. The van der Waals surface area contributed by atoms with E-state index < -0.39 is 0 Å². The summed E-state index contributed by atoms with van der Waals surface area (Å²) >= 11 is 0. The van der Waals surface area contributed by atoms with Crippen molar-refractivity contribution in [1.29, 1.82) is 0 Å². The monoisotopic (exact) mass is 235 g/mol. The lowest BCUT2D eigenvalue weighted by Gasteiger charge is -2.19. The van der Waals surface area contributed by atoms with Crippen molar-refractivity contribution in [3.63, 3.8) is 0 Å². The molecule has 1 aromatic carbocycles. The number of anilines is 1. The van der Waals surface area contributed by atoms with Gasteiger partial charge < -0.3 is 10.1 Å². The molecule has 1 N–H and O–H groups in total. The fourth-order valence-electron chi connectivity index (χ4n) is 1.53. The molecule has 0 saturated heterocycles. The number of benzene rings is 1. The van der Waals surface area contributed by atoms with Gasteiger partial charge in [-0.25, -0.2) is 0 Å². The Labute approximate surface area is 103 Å². The molecule has 0 radical (unpaired) electrons. The zero-order valence-electron chi connectivity index (χ0n) is 11.3. The van der Waals surface area contributed by atoms with Gasteiger partial charge in [0.05, 0.1) is 5.60 Å². The van der Waals surface area contributed by atoms with E-state index in [-0.39, 0.29) is 18.1 Å². The number of hydrogen-bond donors (Lipinski definition) is 1. The maximum Gasteiger partial charge on any atom is 0.250 e. The van der Waals surface area contributed by atoms with E-state index in [1.807, 2.05) is 46.8 Å². The molecule has 0 aliphatic carbocycles. The van der Waals surface area contributed by atoms with Gasteiger partial charge in [0.2, 0.25) is 5.91 Å². The Morgan fingerprint density at radius 1 is 1.18 bits per heavy atom. The molecule has 1 aromatic rings. The molecule has 0 unspecified atom stereocenters. The smallest absolute Gasteiger partial charge is 0.250 e. The van der Waals surface area contributed by atoms with E-state index in [9.17, 15) is 4.79 Å². The first-order valence-electron chi connectivity index (χ1n) is 5.78. The lowest BCUT2D eigenvalue weighted by molar-refractivity contribution is -0.125. The quantitative estimate of drug-likeness (QED) is 0.874. The van der Waals surface area contributed by atoms with Crippen LogP contribution in [0.15, 0.2) is 18.2 Å². The molecule has 0 heterocycles. The Balaban J connectivity index is 2.56. The summed E-state index contributed by atoms with van der Waals surface area (Å²) in [6.45, 7) is 9.88. The molecule has 0 saturated carbocycles. The molecule has 0 aliphatic heterocycles. The van der Waals surface area contributed by atoms with Gasteiger partial charge in [-0.15, -0.1) is 0 Å². The molecule has 0 spiro atoms. The van der Waals surface area contributed by atoms with Crippen molar-refractivity contribution in [3.8, 4) is 0 Å². The number of amides is 1. The lowest BCUT2D eigenvalue weighted by atomic mass is 10.1. The highest BCUT2D eigenvalue weighted by Gasteiger charge is 2.12. The fourth-order valence-corrected chi connectivity index (χ4v) is 1.53. The van der Waals surface area contributed by atoms with Gasteiger partial charge in [0.25, 0.3) is 0 Å². The third-order valence-electron chi connectivity index (χ3n) is 2.14. The Morgan fingerprint density at radius 2 is 1.71 bits per heavy atom. The number of hydrogen-bond acceptors (Lipinski definition) is 2. The molecule has 1 rings (SSSR count). The number of carbonyl (C=O) groups excluding carboxylic acids is 1. The van der Waals surface area contributed by atoms with E-state index in [0.29, 0.717) is 0 Å². The molecule has 17 heavy (non-hydrogen) atoms. The number of rotatable bonds is 3. The van der Waals surface area contributed by atoms with Crippen LogP contribution in [-0.2, 0) is 9.53 Å². The number of carbonyl (C=O) groups is 1. The van der Waals surface area contributed by atoms with E-state index >= 15 is 0 Å². The van der Waals surface area contributed by atoms with Gasteiger partial charge in [0, 0.05) is 5.69 Å². The maximum absolute atomic E-state index is 11.6. The first-order valence-corrected chi connectivity index (χ1v) is 5.78. The van der Waals surface area contributed by atoms with Crippen molar-refractivity contribution in [2.24, 2.45) is 0 Å². The van der Waals surface area contributed by atoms with E-state index in [0.717, 1.165) is 16.8 Å². The van der Waals surface area contributed by atoms with E-state index in [4.69, 9.17) is 4.74 Å². The summed E-state index contributed by atoms with van der Waals surface area (Å²) in [6, 6.07) is 5.96. The predicted molar refractivity (Wildman–Crippen MR) is 70.3 cm³/mol. The Hall–Kier alpha value is -1.35. The van der Waals surface area contributed by atoms with Crippen LogP contribution in [0.4, 0.5) is 5.69 Å². The van der Waals surface area contributed by atoms with Crippen molar-refractivity contribution in [2.75, 3.05) is 11.9 Å². The van der Waals surface area contributed by atoms with Gasteiger partial charge >= 0.3 is 0 Å². The second-order valence-corrected chi connectivity index (χ2v) is 5.33. The van der Waals surface area contributed by atoms with Gasteiger partial charge in [-0.1, -0.05) is 6.07 Å². The van der Waals surface area contributed by atoms with Gasteiger partial charge in [0.15, 0.2) is 0 Å². The summed E-state index contributed by atoms with van der Waals surface area (Å²) in [4.78, 5) is 11.6. The highest BCUT2D eigenvalue weighted by molar-refractivity contribution is 5.91. The third kappa shape index (κ3) is 5.50. The molecule has 94 valence electrons. The summed E-state index contributed by atoms with van der Waals surface area (Å²) in [7, 11) is 0. The second-order valence-electron chi connectivity index (χ2n) is 5.33. The van der Waals surface area contributed by atoms with Crippen LogP contribution >= 0.6 is 0 Å². The van der Waals surface area contributed by atoms with Crippen LogP contribution in [0, 0.1) is 13.8 Å². The van der Waals surface area contributed by atoms with Crippen molar-refractivity contribution < 1.29 is 9.53 Å². The van der Waals surface area contributed by atoms with Crippen molar-refractivity contribution in [2.45, 2.75) is 40.2 Å². The van der Waals surface area contributed by atoms with Crippen LogP contribution in [0.25, 0.3) is 0 Å². The fraction of sp³-hybridized carbons (Fsp3) is 0.500. The highest BCUT2D eigenvalue weighted by Crippen LogP contribution is 2.14. The zero-order valence-corrected chi connectivity index (χ0v) is 11.3. The Bertz CT molecular complexity index is 385. The molecular formula is C14H21NO2. The second kappa shape index (κ2) is 5.32. The third-order valence-corrected chi connectivity index (χ3v) is 2.14. The molecule has 0 aromatic heterocycles. The van der Waals surface area contributed by atoms with Crippen LogP contribution < -0.4 is 5.32 Å². The molecule has 0 aliphatic rings. The van der Waals surface area contributed by atoms with Gasteiger partial charge in [-0.3, -0.25) is 4.79 Å². The molecule has 3 nitrogen and oxygen atoms in total. The maximum atomic E-state index is 11.6. The Kier molecular flexibility index (Phi) is 4.29. The topological polar surface area (TPSA) is 38.3 Å². The SMILES string of the molecule is Cc1cc(C)cc(NC(=O)COC(C)(C)C)c1. The summed E-state index contributed by atoms with van der Waals surface area (Å²) < 4.78 is 5.41. The average Bonchev–Trinajstić information content (AvgIpc) is 2.11. The number of aryl methyl sites for hydroxylation is 2. The summed E-state index contributed by atoms with van der Waals surface area (Å²) in [5.41, 5.74) is 2.80. The minimum atomic E-state index is -0.292. The van der Waals surface area contributed by atoms with E-state index in [1.165, 1.54) is 0 Å². The van der Waals surface area contributed by atoms with Gasteiger partial charge in [-0.2, -0.15) is 0 Å². The van der Waals surface area contributed by atoms with Crippen LogP contribution in [-0.4, -0.2) is 18.1 Å². The standard InChI is InChI=1S/C14H21NO2/c1-10-6-11(2)8-12(7-10)15-13(16)9-17-14(3,4)5/h6-8H,9H2,1-5H3,(H,15,16). The van der Waals surface area contributed by atoms with Crippen molar-refractivity contribution in [3.05, 3.63) is 29.3 Å². The molecule has 0 fully saturated rings. The number of ether oxygens (including phenoxy) is 1. The zero-order chi connectivity index (χ0) is 13.1. The first-order chi connectivity index (χ1) is 7.76. The molecule has 0 atom stereocenters. The molecular weight excluding hydrogens is 214 g/mol. The number of nitrogens with one attached hydrogen (secondary N) is 1. The molecule has 1 amide bonds. The predicted octanol–water partition coefficient (Wildman–Crippen LogP) is 3.06. The first kappa shape index (κ1) is 13.7. The van der Waals surface area contributed by atoms with Gasteiger partial charge in [0.1, 0.15) is 6.61 Å². The summed E-state index contributed by atoms with van der Waals surface area (Å²) in [5, 5.41) is 2.83. The van der Waals surface area contributed by atoms with Crippen LogP contribution in [0.1, 0.15) is 31.9 Å². The minimum Gasteiger partial charge on any atom is -0.366 e. The molecule has 3 heteroatoms. The largest absolute Gasteiger partial charge is 0.366 e. The summed E-state index contributed by atoms with van der Waals surface area (Å²) in [5.74, 6) is -0.120. The van der Waals surface area contributed by atoms with Crippen LogP contribution in [0.2, 0.25) is 0 Å². The van der Waals surface area contributed by atoms with Crippen molar-refractivity contribution >= 4 is 11.6 Å². The van der Waals surface area contributed by atoms with Crippen LogP contribution in [0.3, 0.4) is 0 Å². The van der Waals surface area contributed by atoms with E-state index in [1.54, 1.807) is 0 Å². The van der Waals surface area contributed by atoms with Crippen molar-refractivity contribution in [1.82, 2.24) is 0 Å². The van der Waals surface area contributed by atoms with Gasteiger partial charge in [-0.05, 0) is 57.9 Å².